The summed E-state index contributed by atoms with van der Waals surface area (Å²) in [5, 5.41) is 9.77. The highest BCUT2D eigenvalue weighted by Gasteiger charge is 2.12. The first-order valence-corrected chi connectivity index (χ1v) is 9.48. The predicted octanol–water partition coefficient (Wildman–Crippen LogP) is 3.37. The minimum atomic E-state index is -0.237. The molecule has 4 N–H and O–H groups in total. The van der Waals surface area contributed by atoms with E-state index >= 15 is 0 Å². The van der Waals surface area contributed by atoms with Gasteiger partial charge in [-0.1, -0.05) is 13.3 Å². The molecule has 8 heteroatoms. The summed E-state index contributed by atoms with van der Waals surface area (Å²) in [5.74, 6) is 2.11. The maximum Gasteiger partial charge on any atom is 0.255 e. The molecular weight excluding hydrogens is 370 g/mol. The first kappa shape index (κ1) is 20.3. The molecule has 0 saturated carbocycles. The summed E-state index contributed by atoms with van der Waals surface area (Å²) in [6.45, 7) is 3.01. The van der Waals surface area contributed by atoms with Gasteiger partial charge in [-0.05, 0) is 48.9 Å². The second kappa shape index (κ2) is 9.70. The molecule has 29 heavy (non-hydrogen) atoms. The van der Waals surface area contributed by atoms with Gasteiger partial charge in [0, 0.05) is 16.8 Å². The summed E-state index contributed by atoms with van der Waals surface area (Å²) in [5.41, 5.74) is 7.51. The Balaban J connectivity index is 1.67. The molecule has 0 aliphatic carbocycles. The van der Waals surface area contributed by atoms with Crippen LogP contribution >= 0.6 is 0 Å². The monoisotopic (exact) mass is 395 g/mol. The van der Waals surface area contributed by atoms with Crippen molar-refractivity contribution in [1.29, 1.82) is 0 Å². The van der Waals surface area contributed by atoms with Crippen LogP contribution in [-0.4, -0.2) is 34.8 Å². The van der Waals surface area contributed by atoms with Gasteiger partial charge in [0.2, 0.25) is 0 Å². The van der Waals surface area contributed by atoms with E-state index in [2.05, 4.69) is 27.4 Å². The SMILES string of the molecule is CCCCOc1ccc(C(=O)Nc2ccc(-c3n[nH]c(CN)n3)cc2)cc1OC. The molecule has 0 fully saturated rings. The molecular formula is C21H25N5O3. The number of carbonyl (C=O) groups is 1. The fourth-order valence-corrected chi connectivity index (χ4v) is 2.68. The van der Waals surface area contributed by atoms with Gasteiger partial charge in [-0.2, -0.15) is 5.10 Å². The van der Waals surface area contributed by atoms with E-state index in [-0.39, 0.29) is 5.91 Å². The maximum atomic E-state index is 12.6. The zero-order valence-corrected chi connectivity index (χ0v) is 16.6. The molecule has 0 aliphatic rings. The average molecular weight is 395 g/mol. The number of nitrogens with one attached hydrogen (secondary N) is 2. The third-order valence-corrected chi connectivity index (χ3v) is 4.31. The number of carbonyl (C=O) groups excluding carboxylic acids is 1. The van der Waals surface area contributed by atoms with Crippen LogP contribution in [0.1, 0.15) is 35.9 Å². The first-order valence-electron chi connectivity index (χ1n) is 9.48. The van der Waals surface area contributed by atoms with Crippen LogP contribution in [0.25, 0.3) is 11.4 Å². The normalized spacial score (nSPS) is 10.6. The Morgan fingerprint density at radius 3 is 2.62 bits per heavy atom. The quantitative estimate of drug-likeness (QED) is 0.479. The van der Waals surface area contributed by atoms with E-state index in [0.29, 0.717) is 47.6 Å². The number of methoxy groups -OCH3 is 1. The van der Waals surface area contributed by atoms with E-state index in [4.69, 9.17) is 15.2 Å². The molecule has 152 valence electrons. The lowest BCUT2D eigenvalue weighted by Crippen LogP contribution is -2.12. The molecule has 0 atom stereocenters. The van der Waals surface area contributed by atoms with E-state index in [1.54, 1.807) is 37.4 Å². The number of H-pyrrole nitrogens is 1. The molecule has 3 aromatic rings. The number of hydrogen-bond donors (Lipinski definition) is 3. The van der Waals surface area contributed by atoms with Crippen LogP contribution in [0, 0.1) is 0 Å². The summed E-state index contributed by atoms with van der Waals surface area (Å²) in [4.78, 5) is 16.9. The van der Waals surface area contributed by atoms with Crippen molar-refractivity contribution < 1.29 is 14.3 Å². The van der Waals surface area contributed by atoms with Crippen molar-refractivity contribution in [1.82, 2.24) is 15.2 Å². The molecule has 0 unspecified atom stereocenters. The number of ether oxygens (including phenoxy) is 2. The van der Waals surface area contributed by atoms with Crippen molar-refractivity contribution >= 4 is 11.6 Å². The molecule has 0 saturated heterocycles. The fraction of sp³-hybridized carbons (Fsp3) is 0.286. The second-order valence-electron chi connectivity index (χ2n) is 6.41. The first-order chi connectivity index (χ1) is 14.1. The van der Waals surface area contributed by atoms with Crippen molar-refractivity contribution in [2.75, 3.05) is 19.0 Å². The number of unbranched alkanes of at least 4 members (excludes halogenated alkanes) is 1. The highest BCUT2D eigenvalue weighted by molar-refractivity contribution is 6.04. The number of aromatic amines is 1. The molecule has 8 nitrogen and oxygen atoms in total. The van der Waals surface area contributed by atoms with Crippen molar-refractivity contribution in [3.05, 3.63) is 53.9 Å². The topological polar surface area (TPSA) is 115 Å². The van der Waals surface area contributed by atoms with Gasteiger partial charge in [0.15, 0.2) is 17.3 Å². The molecule has 0 radical (unpaired) electrons. The maximum absolute atomic E-state index is 12.6. The summed E-state index contributed by atoms with van der Waals surface area (Å²) in [7, 11) is 1.56. The fourth-order valence-electron chi connectivity index (χ4n) is 2.68. The van der Waals surface area contributed by atoms with Crippen molar-refractivity contribution in [2.45, 2.75) is 26.3 Å². The largest absolute Gasteiger partial charge is 0.493 e. The van der Waals surface area contributed by atoms with Gasteiger partial charge in [0.25, 0.3) is 5.91 Å². The molecule has 1 aromatic heterocycles. The predicted molar refractivity (Wildman–Crippen MR) is 111 cm³/mol. The van der Waals surface area contributed by atoms with E-state index in [1.807, 2.05) is 12.1 Å². The van der Waals surface area contributed by atoms with Gasteiger partial charge < -0.3 is 20.5 Å². The van der Waals surface area contributed by atoms with Crippen LogP contribution in [-0.2, 0) is 6.54 Å². The Labute approximate surface area is 169 Å². The number of nitrogens with two attached hydrogens (primary N) is 1. The van der Waals surface area contributed by atoms with Crippen LogP contribution in [0.15, 0.2) is 42.5 Å². The standard InChI is InChI=1S/C21H25N5O3/c1-3-4-11-29-17-10-7-15(12-18(17)28-2)21(27)23-16-8-5-14(6-9-16)20-24-19(13-22)25-26-20/h5-10,12H,3-4,11,13,22H2,1-2H3,(H,23,27)(H,24,25,26). The minimum absolute atomic E-state index is 0.237. The Hall–Kier alpha value is -3.39. The minimum Gasteiger partial charge on any atom is -0.493 e. The van der Waals surface area contributed by atoms with Crippen LogP contribution in [0.3, 0.4) is 0 Å². The smallest absolute Gasteiger partial charge is 0.255 e. The van der Waals surface area contributed by atoms with Crippen molar-refractivity contribution in [3.63, 3.8) is 0 Å². The summed E-state index contributed by atoms with van der Waals surface area (Å²) >= 11 is 0. The van der Waals surface area contributed by atoms with Crippen molar-refractivity contribution in [3.8, 4) is 22.9 Å². The van der Waals surface area contributed by atoms with Gasteiger partial charge in [-0.15, -0.1) is 0 Å². The van der Waals surface area contributed by atoms with Crippen LogP contribution in [0.2, 0.25) is 0 Å². The molecule has 1 heterocycles. The number of nitrogens with zero attached hydrogens (tertiary/aromatic N) is 2. The Kier molecular flexibility index (Phi) is 6.80. The van der Waals surface area contributed by atoms with Gasteiger partial charge >= 0.3 is 0 Å². The zero-order chi connectivity index (χ0) is 20.6. The van der Waals surface area contributed by atoms with E-state index in [9.17, 15) is 4.79 Å². The Morgan fingerprint density at radius 1 is 1.17 bits per heavy atom. The van der Waals surface area contributed by atoms with Gasteiger partial charge in [0.1, 0.15) is 5.82 Å². The highest BCUT2D eigenvalue weighted by atomic mass is 16.5. The molecule has 0 aliphatic heterocycles. The molecule has 0 spiro atoms. The second-order valence-corrected chi connectivity index (χ2v) is 6.41. The van der Waals surface area contributed by atoms with Crippen LogP contribution < -0.4 is 20.5 Å². The third-order valence-electron chi connectivity index (χ3n) is 4.31. The lowest BCUT2D eigenvalue weighted by Gasteiger charge is -2.12. The molecule has 1 amide bonds. The lowest BCUT2D eigenvalue weighted by molar-refractivity contribution is 0.102. The number of amides is 1. The van der Waals surface area contributed by atoms with Crippen molar-refractivity contribution in [2.24, 2.45) is 5.73 Å². The highest BCUT2D eigenvalue weighted by Crippen LogP contribution is 2.29. The van der Waals surface area contributed by atoms with E-state index in [0.717, 1.165) is 18.4 Å². The third kappa shape index (κ3) is 5.11. The zero-order valence-electron chi connectivity index (χ0n) is 16.6. The van der Waals surface area contributed by atoms with Crippen LogP contribution in [0.4, 0.5) is 5.69 Å². The number of benzene rings is 2. The summed E-state index contributed by atoms with van der Waals surface area (Å²) < 4.78 is 11.1. The molecule has 0 bridgehead atoms. The van der Waals surface area contributed by atoms with Crippen LogP contribution in [0.5, 0.6) is 11.5 Å². The summed E-state index contributed by atoms with van der Waals surface area (Å²) in [6, 6.07) is 12.4. The van der Waals surface area contributed by atoms with E-state index in [1.165, 1.54) is 0 Å². The van der Waals surface area contributed by atoms with Gasteiger partial charge in [-0.25, -0.2) is 4.98 Å². The lowest BCUT2D eigenvalue weighted by atomic mass is 10.1. The number of rotatable bonds is 9. The number of aromatic nitrogens is 3. The summed E-state index contributed by atoms with van der Waals surface area (Å²) in [6.07, 6.45) is 2.01. The average Bonchev–Trinajstić information content (AvgIpc) is 3.24. The van der Waals surface area contributed by atoms with Gasteiger partial charge in [0.05, 0.1) is 20.3 Å². The van der Waals surface area contributed by atoms with E-state index < -0.39 is 0 Å². The Morgan fingerprint density at radius 2 is 1.97 bits per heavy atom. The number of anilines is 1. The number of hydrogen-bond acceptors (Lipinski definition) is 6. The Bertz CT molecular complexity index is 953. The molecule has 3 rings (SSSR count). The van der Waals surface area contributed by atoms with Gasteiger partial charge in [-0.3, -0.25) is 9.89 Å². The molecule has 2 aromatic carbocycles.